The Labute approximate surface area is 205 Å². The van der Waals surface area contributed by atoms with Crippen molar-refractivity contribution in [3.8, 4) is 28.5 Å². The summed E-state index contributed by atoms with van der Waals surface area (Å²) in [6.45, 7) is 4.68. The first kappa shape index (κ1) is 24.1. The lowest BCUT2D eigenvalue weighted by Gasteiger charge is -2.34. The molecule has 0 radical (unpaired) electrons. The Balaban J connectivity index is 1.37. The maximum Gasteiger partial charge on any atom is 0.246 e. The van der Waals surface area contributed by atoms with Crippen LogP contribution < -0.4 is 19.1 Å². The highest BCUT2D eigenvalue weighted by atomic mass is 16.5. The molecule has 0 saturated carbocycles. The molecule has 1 aromatic heterocycles. The number of amides is 1. The van der Waals surface area contributed by atoms with Gasteiger partial charge in [0.2, 0.25) is 11.7 Å². The van der Waals surface area contributed by atoms with E-state index >= 15 is 0 Å². The number of ether oxygens (including phenoxy) is 3. The number of methoxy groups -OCH3 is 3. The number of carbonyl (C=O) groups is 1. The molecule has 182 valence electrons. The molecule has 3 aromatic rings. The van der Waals surface area contributed by atoms with Gasteiger partial charge < -0.3 is 24.0 Å². The molecule has 2 aromatic carbocycles. The van der Waals surface area contributed by atoms with Gasteiger partial charge in [-0.15, -0.1) is 10.2 Å². The molecule has 0 spiro atoms. The fourth-order valence-electron chi connectivity index (χ4n) is 4.12. The van der Waals surface area contributed by atoms with Gasteiger partial charge in [0, 0.05) is 37.8 Å². The SMILES string of the molecule is COc1cc(/C=C/C(=O)N2CCN(c3ccc(-c4ccccc4C)nn3)CC2)cc(OC)c1OC. The minimum Gasteiger partial charge on any atom is -0.493 e. The van der Waals surface area contributed by atoms with Gasteiger partial charge in [-0.25, -0.2) is 0 Å². The van der Waals surface area contributed by atoms with Crippen LogP contribution in [0.15, 0.2) is 54.6 Å². The third-order valence-corrected chi connectivity index (χ3v) is 6.09. The minimum atomic E-state index is -0.0422. The first-order valence-corrected chi connectivity index (χ1v) is 11.5. The quantitative estimate of drug-likeness (QED) is 0.482. The van der Waals surface area contributed by atoms with Crippen LogP contribution in [0, 0.1) is 6.92 Å². The smallest absolute Gasteiger partial charge is 0.246 e. The highest BCUT2D eigenvalue weighted by molar-refractivity contribution is 5.92. The van der Waals surface area contributed by atoms with Crippen LogP contribution in [0.2, 0.25) is 0 Å². The first-order valence-electron chi connectivity index (χ1n) is 11.5. The number of aryl methyl sites for hydroxylation is 1. The minimum absolute atomic E-state index is 0.0422. The molecule has 0 unspecified atom stereocenters. The maximum atomic E-state index is 12.8. The maximum absolute atomic E-state index is 12.8. The van der Waals surface area contributed by atoms with Gasteiger partial charge in [-0.1, -0.05) is 24.3 Å². The second-order valence-corrected chi connectivity index (χ2v) is 8.20. The first-order chi connectivity index (χ1) is 17.0. The van der Waals surface area contributed by atoms with Crippen LogP contribution in [-0.4, -0.2) is 68.5 Å². The molecular weight excluding hydrogens is 444 g/mol. The summed E-state index contributed by atoms with van der Waals surface area (Å²) in [7, 11) is 4.69. The molecule has 0 atom stereocenters. The Morgan fingerprint density at radius 2 is 1.57 bits per heavy atom. The van der Waals surface area contributed by atoms with E-state index < -0.39 is 0 Å². The van der Waals surface area contributed by atoms with Crippen molar-refractivity contribution in [1.82, 2.24) is 15.1 Å². The van der Waals surface area contributed by atoms with Crippen molar-refractivity contribution in [2.24, 2.45) is 0 Å². The summed E-state index contributed by atoms with van der Waals surface area (Å²) in [5, 5.41) is 8.87. The van der Waals surface area contributed by atoms with Gasteiger partial charge in [0.15, 0.2) is 17.3 Å². The second kappa shape index (κ2) is 10.9. The average molecular weight is 475 g/mol. The lowest BCUT2D eigenvalue weighted by molar-refractivity contribution is -0.126. The molecule has 0 N–H and O–H groups in total. The van der Waals surface area contributed by atoms with Crippen LogP contribution in [0.3, 0.4) is 0 Å². The van der Waals surface area contributed by atoms with E-state index in [1.807, 2.05) is 41.3 Å². The molecule has 8 nitrogen and oxygen atoms in total. The van der Waals surface area contributed by atoms with Gasteiger partial charge in [0.05, 0.1) is 27.0 Å². The highest BCUT2D eigenvalue weighted by Gasteiger charge is 2.21. The van der Waals surface area contributed by atoms with E-state index in [1.54, 1.807) is 33.5 Å². The van der Waals surface area contributed by atoms with Crippen LogP contribution >= 0.6 is 0 Å². The van der Waals surface area contributed by atoms with Crippen LogP contribution in [0.5, 0.6) is 17.2 Å². The number of rotatable bonds is 7. The summed E-state index contributed by atoms with van der Waals surface area (Å²) in [6, 6.07) is 15.8. The number of hydrogen-bond acceptors (Lipinski definition) is 7. The number of hydrogen-bond donors (Lipinski definition) is 0. The molecule has 4 rings (SSSR count). The molecule has 1 aliphatic heterocycles. The van der Waals surface area contributed by atoms with Crippen LogP contribution in [0.1, 0.15) is 11.1 Å². The largest absolute Gasteiger partial charge is 0.493 e. The van der Waals surface area contributed by atoms with Crippen LogP contribution in [-0.2, 0) is 4.79 Å². The second-order valence-electron chi connectivity index (χ2n) is 8.20. The Bertz CT molecular complexity index is 1180. The summed E-state index contributed by atoms with van der Waals surface area (Å²) < 4.78 is 16.1. The van der Waals surface area contributed by atoms with E-state index in [2.05, 4.69) is 34.2 Å². The van der Waals surface area contributed by atoms with E-state index in [-0.39, 0.29) is 5.91 Å². The molecule has 1 amide bonds. The van der Waals surface area contributed by atoms with Gasteiger partial charge in [0.1, 0.15) is 0 Å². The van der Waals surface area contributed by atoms with Crippen molar-refractivity contribution >= 4 is 17.8 Å². The third kappa shape index (κ3) is 5.37. The number of carbonyl (C=O) groups excluding carboxylic acids is 1. The predicted molar refractivity (Wildman–Crippen MR) is 136 cm³/mol. The summed E-state index contributed by atoms with van der Waals surface area (Å²) in [5.74, 6) is 2.38. The Kier molecular flexibility index (Phi) is 7.50. The Hall–Kier alpha value is -4.07. The van der Waals surface area contributed by atoms with Gasteiger partial charge in [-0.05, 0) is 48.4 Å². The molecule has 1 saturated heterocycles. The Morgan fingerprint density at radius 1 is 0.886 bits per heavy atom. The lowest BCUT2D eigenvalue weighted by atomic mass is 10.1. The molecule has 35 heavy (non-hydrogen) atoms. The van der Waals surface area contributed by atoms with Crippen molar-refractivity contribution in [2.45, 2.75) is 6.92 Å². The van der Waals surface area contributed by atoms with Crippen molar-refractivity contribution in [3.63, 3.8) is 0 Å². The van der Waals surface area contributed by atoms with Crippen LogP contribution in [0.4, 0.5) is 5.82 Å². The monoisotopic (exact) mass is 474 g/mol. The van der Waals surface area contributed by atoms with Gasteiger partial charge in [-0.3, -0.25) is 4.79 Å². The van der Waals surface area contributed by atoms with E-state index in [1.165, 1.54) is 5.56 Å². The highest BCUT2D eigenvalue weighted by Crippen LogP contribution is 2.38. The van der Waals surface area contributed by atoms with E-state index in [9.17, 15) is 4.79 Å². The number of benzene rings is 2. The number of piperazine rings is 1. The number of nitrogens with zero attached hydrogens (tertiary/aromatic N) is 4. The predicted octanol–water partition coefficient (Wildman–Crippen LogP) is 3.84. The van der Waals surface area contributed by atoms with Crippen molar-refractivity contribution in [1.29, 1.82) is 0 Å². The fourth-order valence-corrected chi connectivity index (χ4v) is 4.12. The van der Waals surface area contributed by atoms with Gasteiger partial charge in [-0.2, -0.15) is 0 Å². The van der Waals surface area contributed by atoms with Crippen molar-refractivity contribution in [2.75, 3.05) is 52.4 Å². The summed E-state index contributed by atoms with van der Waals surface area (Å²) >= 11 is 0. The average Bonchev–Trinajstić information content (AvgIpc) is 2.91. The Morgan fingerprint density at radius 3 is 2.14 bits per heavy atom. The standard InChI is InChI=1S/C27H30N4O4/c1-19-7-5-6-8-21(19)22-10-11-25(29-28-22)30-13-15-31(16-14-30)26(32)12-9-20-17-23(33-2)27(35-4)24(18-20)34-3/h5-12,17-18H,13-16H2,1-4H3/b12-9+. The third-order valence-electron chi connectivity index (χ3n) is 6.09. The summed E-state index contributed by atoms with van der Waals surface area (Å²) in [6.07, 6.45) is 3.34. The molecule has 1 fully saturated rings. The van der Waals surface area contributed by atoms with Gasteiger partial charge in [0.25, 0.3) is 0 Å². The van der Waals surface area contributed by atoms with Crippen molar-refractivity contribution in [3.05, 3.63) is 65.7 Å². The number of aromatic nitrogens is 2. The molecule has 1 aliphatic rings. The summed E-state index contributed by atoms with van der Waals surface area (Å²) in [4.78, 5) is 16.8. The molecule has 8 heteroatoms. The fraction of sp³-hybridized carbons (Fsp3) is 0.296. The zero-order chi connectivity index (χ0) is 24.8. The van der Waals surface area contributed by atoms with Gasteiger partial charge >= 0.3 is 0 Å². The van der Waals surface area contributed by atoms with Crippen molar-refractivity contribution < 1.29 is 19.0 Å². The van der Waals surface area contributed by atoms with E-state index in [0.717, 1.165) is 22.6 Å². The molecule has 0 aliphatic carbocycles. The van der Waals surface area contributed by atoms with E-state index in [0.29, 0.717) is 43.4 Å². The number of anilines is 1. The topological polar surface area (TPSA) is 77.0 Å². The summed E-state index contributed by atoms with van der Waals surface area (Å²) in [5.41, 5.74) is 3.90. The molecule has 2 heterocycles. The lowest BCUT2D eigenvalue weighted by Crippen LogP contribution is -2.48. The molecular formula is C27H30N4O4. The normalized spacial score (nSPS) is 13.7. The molecule has 0 bridgehead atoms. The van der Waals surface area contributed by atoms with E-state index in [4.69, 9.17) is 14.2 Å². The van der Waals surface area contributed by atoms with Crippen LogP contribution in [0.25, 0.3) is 17.3 Å². The zero-order valence-corrected chi connectivity index (χ0v) is 20.5. The zero-order valence-electron chi connectivity index (χ0n) is 20.5.